The molecule has 0 aromatic heterocycles. The zero-order valence-electron chi connectivity index (χ0n) is 5.39. The Hall–Kier alpha value is 0.200. The number of hydrogen-bond donors (Lipinski definition) is 0. The molecular weight excluding hydrogens is 216 g/mol. The van der Waals surface area contributed by atoms with Crippen molar-refractivity contribution in [2.75, 3.05) is 0 Å². The van der Waals surface area contributed by atoms with Gasteiger partial charge in [0.2, 0.25) is 0 Å². The van der Waals surface area contributed by atoms with Crippen molar-refractivity contribution in [3.8, 4) is 0 Å². The van der Waals surface area contributed by atoms with Crippen molar-refractivity contribution in [1.82, 2.24) is 0 Å². The first-order valence-corrected chi connectivity index (χ1v) is 5.93. The number of rotatable bonds is 2. The molecule has 0 atom stereocenters. The summed E-state index contributed by atoms with van der Waals surface area (Å²) in [7, 11) is 0. The summed E-state index contributed by atoms with van der Waals surface area (Å²) in [5.41, 5.74) is 0. The van der Waals surface area contributed by atoms with Crippen molar-refractivity contribution in [3.05, 3.63) is 9.70 Å². The minimum absolute atomic E-state index is 0.140. The molecule has 46 valence electrons. The van der Waals surface area contributed by atoms with Gasteiger partial charge in [0.05, 0.1) is 0 Å². The van der Waals surface area contributed by atoms with Gasteiger partial charge >= 0.3 is 60.0 Å². The standard InChI is InChI=1S/C6H10OTe/c1-4-6(8-3)5(2)7/h4H,1-3H3/b6-4-. The van der Waals surface area contributed by atoms with Gasteiger partial charge in [-0.3, -0.25) is 0 Å². The van der Waals surface area contributed by atoms with E-state index in [-0.39, 0.29) is 26.7 Å². The van der Waals surface area contributed by atoms with Crippen LogP contribution in [0.1, 0.15) is 13.8 Å². The van der Waals surface area contributed by atoms with E-state index < -0.39 is 0 Å². The van der Waals surface area contributed by atoms with Gasteiger partial charge in [-0.2, -0.15) is 0 Å². The second kappa shape index (κ2) is 4.12. The first kappa shape index (κ1) is 8.20. The Kier molecular flexibility index (Phi) is 4.22. The fraction of sp³-hybridized carbons (Fsp3) is 0.500. The summed E-state index contributed by atoms with van der Waals surface area (Å²) in [5.74, 6) is 0.248. The molecule has 1 nitrogen and oxygen atoms in total. The van der Waals surface area contributed by atoms with Crippen LogP contribution >= 0.6 is 0 Å². The van der Waals surface area contributed by atoms with Gasteiger partial charge < -0.3 is 0 Å². The fourth-order valence-corrected chi connectivity index (χ4v) is 1.96. The Morgan fingerprint density at radius 1 is 1.62 bits per heavy atom. The number of Topliss-reactive ketones (excluding diaryl/α,β-unsaturated/α-hetero) is 1. The van der Waals surface area contributed by atoms with E-state index in [1.165, 1.54) is 0 Å². The van der Waals surface area contributed by atoms with E-state index in [9.17, 15) is 4.79 Å². The van der Waals surface area contributed by atoms with E-state index in [0.717, 1.165) is 3.62 Å². The maximum atomic E-state index is 10.6. The molecule has 0 aliphatic carbocycles. The summed E-state index contributed by atoms with van der Waals surface area (Å²) in [4.78, 5) is 12.7. The first-order valence-electron chi connectivity index (χ1n) is 2.43. The van der Waals surface area contributed by atoms with Gasteiger partial charge in [0.1, 0.15) is 0 Å². The van der Waals surface area contributed by atoms with Gasteiger partial charge in [0.25, 0.3) is 0 Å². The molecular formula is C6H10OTe. The molecule has 0 N–H and O–H groups in total. The van der Waals surface area contributed by atoms with Crippen LogP contribution < -0.4 is 0 Å². The molecule has 0 fully saturated rings. The number of carbonyl (C=O) groups excluding carboxylic acids is 1. The van der Waals surface area contributed by atoms with E-state index in [2.05, 4.69) is 4.97 Å². The average molecular weight is 226 g/mol. The minimum atomic E-state index is -0.140. The summed E-state index contributed by atoms with van der Waals surface area (Å²) < 4.78 is 1.05. The maximum absolute atomic E-state index is 10.6. The van der Waals surface area contributed by atoms with Crippen LogP contribution in [0.25, 0.3) is 0 Å². The van der Waals surface area contributed by atoms with Crippen LogP contribution in [0.3, 0.4) is 0 Å². The van der Waals surface area contributed by atoms with Crippen LogP contribution in [0.2, 0.25) is 4.97 Å². The van der Waals surface area contributed by atoms with Crippen LogP contribution in [0.15, 0.2) is 9.70 Å². The molecule has 0 bridgehead atoms. The summed E-state index contributed by atoms with van der Waals surface area (Å²) in [6.45, 7) is 3.55. The quantitative estimate of drug-likeness (QED) is 0.511. The topological polar surface area (TPSA) is 17.1 Å². The van der Waals surface area contributed by atoms with Crippen LogP contribution in [0, 0.1) is 0 Å². The van der Waals surface area contributed by atoms with Gasteiger partial charge in [-0.1, -0.05) is 0 Å². The van der Waals surface area contributed by atoms with Crippen molar-refractivity contribution in [2.45, 2.75) is 18.8 Å². The third kappa shape index (κ3) is 2.49. The first-order chi connectivity index (χ1) is 3.72. The van der Waals surface area contributed by atoms with Crippen LogP contribution in [0.4, 0.5) is 0 Å². The summed E-state index contributed by atoms with van der Waals surface area (Å²) in [6.07, 6.45) is 1.92. The van der Waals surface area contributed by atoms with Crippen molar-refractivity contribution in [2.24, 2.45) is 0 Å². The van der Waals surface area contributed by atoms with E-state index in [0.29, 0.717) is 0 Å². The normalized spacial score (nSPS) is 11.6. The zero-order valence-corrected chi connectivity index (χ0v) is 7.72. The summed E-state index contributed by atoms with van der Waals surface area (Å²) in [5, 5.41) is 0. The summed E-state index contributed by atoms with van der Waals surface area (Å²) >= 11 is -0.140. The molecule has 8 heavy (non-hydrogen) atoms. The monoisotopic (exact) mass is 228 g/mol. The number of ketones is 1. The Balaban J connectivity index is 3.92. The second-order valence-corrected chi connectivity index (χ2v) is 3.83. The van der Waals surface area contributed by atoms with Crippen molar-refractivity contribution < 1.29 is 4.79 Å². The predicted octanol–water partition coefficient (Wildman–Crippen LogP) is 1.23. The molecule has 0 amide bonds. The molecule has 0 aromatic carbocycles. The van der Waals surface area contributed by atoms with E-state index in [4.69, 9.17) is 0 Å². The van der Waals surface area contributed by atoms with E-state index >= 15 is 0 Å². The zero-order chi connectivity index (χ0) is 6.57. The van der Waals surface area contributed by atoms with Crippen molar-refractivity contribution in [1.29, 1.82) is 0 Å². The second-order valence-electron chi connectivity index (χ2n) is 1.41. The van der Waals surface area contributed by atoms with Gasteiger partial charge in [-0.05, 0) is 0 Å². The molecule has 0 aliphatic rings. The van der Waals surface area contributed by atoms with Crippen LogP contribution in [0.5, 0.6) is 0 Å². The van der Waals surface area contributed by atoms with E-state index in [1.54, 1.807) is 6.92 Å². The molecule has 0 saturated carbocycles. The Morgan fingerprint density at radius 2 is 2.12 bits per heavy atom. The van der Waals surface area contributed by atoms with Crippen molar-refractivity contribution >= 4 is 26.7 Å². The fourth-order valence-electron chi connectivity index (χ4n) is 0.465. The molecule has 0 aliphatic heterocycles. The number of hydrogen-bond acceptors (Lipinski definition) is 1. The number of carbonyl (C=O) groups is 1. The molecule has 0 saturated heterocycles. The SMILES string of the molecule is C/C=C(\[Te]C)C(C)=O. The van der Waals surface area contributed by atoms with E-state index in [1.807, 2.05) is 13.0 Å². The third-order valence-electron chi connectivity index (χ3n) is 0.829. The molecule has 0 spiro atoms. The molecule has 2 heteroatoms. The Bertz CT molecular complexity index is 116. The molecule has 0 heterocycles. The summed E-state index contributed by atoms with van der Waals surface area (Å²) in [6, 6.07) is 0. The molecule has 0 aromatic rings. The molecule has 0 radical (unpaired) electrons. The number of allylic oxidation sites excluding steroid dienone is 2. The molecule has 0 rings (SSSR count). The van der Waals surface area contributed by atoms with Gasteiger partial charge in [0, 0.05) is 0 Å². The van der Waals surface area contributed by atoms with Crippen molar-refractivity contribution in [3.63, 3.8) is 0 Å². The molecule has 0 unspecified atom stereocenters. The van der Waals surface area contributed by atoms with Gasteiger partial charge in [-0.25, -0.2) is 0 Å². The van der Waals surface area contributed by atoms with Crippen LogP contribution in [-0.2, 0) is 4.79 Å². The third-order valence-corrected chi connectivity index (χ3v) is 3.58. The van der Waals surface area contributed by atoms with Crippen LogP contribution in [-0.4, -0.2) is 26.7 Å². The Morgan fingerprint density at radius 3 is 2.12 bits per heavy atom. The Labute approximate surface area is 60.2 Å². The van der Waals surface area contributed by atoms with Gasteiger partial charge in [-0.15, -0.1) is 0 Å². The average Bonchev–Trinajstić information content (AvgIpc) is 1.69. The predicted molar refractivity (Wildman–Crippen MR) is 36.1 cm³/mol. The van der Waals surface area contributed by atoms with Gasteiger partial charge in [0.15, 0.2) is 0 Å².